The maximum Gasteiger partial charge on any atom is 0.287 e. The molecule has 8 nitrogen and oxygen atoms in total. The lowest BCUT2D eigenvalue weighted by Gasteiger charge is -2.34. The summed E-state index contributed by atoms with van der Waals surface area (Å²) in [5, 5.41) is 6.96. The molecule has 0 bridgehead atoms. The highest BCUT2D eigenvalue weighted by Gasteiger charge is 2.28. The first kappa shape index (κ1) is 17.6. The second-order valence-electron chi connectivity index (χ2n) is 6.37. The van der Waals surface area contributed by atoms with Gasteiger partial charge in [0, 0.05) is 31.8 Å². The summed E-state index contributed by atoms with van der Waals surface area (Å²) in [7, 11) is 1.60. The lowest BCUT2D eigenvalue weighted by molar-refractivity contribution is 0.0854. The van der Waals surface area contributed by atoms with E-state index in [1.165, 1.54) is 6.26 Å². The van der Waals surface area contributed by atoms with E-state index in [1.54, 1.807) is 13.2 Å². The van der Waals surface area contributed by atoms with E-state index in [9.17, 15) is 4.79 Å². The molecule has 1 saturated heterocycles. The van der Waals surface area contributed by atoms with E-state index in [0.29, 0.717) is 24.1 Å². The molecule has 1 fully saturated rings. The van der Waals surface area contributed by atoms with Crippen LogP contribution >= 0.6 is 0 Å². The van der Waals surface area contributed by atoms with E-state index in [2.05, 4.69) is 27.3 Å². The quantitative estimate of drug-likeness (QED) is 0.854. The number of methoxy groups -OCH3 is 1. The second kappa shape index (κ2) is 7.79. The second-order valence-corrected chi connectivity index (χ2v) is 6.37. The topological polar surface area (TPSA) is 93.6 Å². The van der Waals surface area contributed by atoms with Crippen LogP contribution in [0, 0.1) is 6.92 Å². The molecule has 3 heterocycles. The fourth-order valence-corrected chi connectivity index (χ4v) is 3.07. The van der Waals surface area contributed by atoms with Gasteiger partial charge in [0.2, 0.25) is 5.89 Å². The zero-order chi connectivity index (χ0) is 17.8. The lowest BCUT2D eigenvalue weighted by Crippen LogP contribution is -2.45. The molecule has 0 saturated carbocycles. The molecule has 0 unspecified atom stereocenters. The van der Waals surface area contributed by atoms with Gasteiger partial charge in [-0.15, -0.1) is 0 Å². The largest absolute Gasteiger partial charge is 0.459 e. The molecule has 0 aliphatic carbocycles. The van der Waals surface area contributed by atoms with Crippen molar-refractivity contribution in [3.8, 4) is 0 Å². The number of furan rings is 1. The first-order valence-corrected chi connectivity index (χ1v) is 8.49. The highest BCUT2D eigenvalue weighted by molar-refractivity contribution is 5.92. The van der Waals surface area contributed by atoms with E-state index < -0.39 is 0 Å². The SMILES string of the molecule is COCc1noc([C@@H](C)N2CCC(NC(=O)c3occc3C)CC2)n1. The fraction of sp³-hybridized carbons (Fsp3) is 0.588. The number of hydrogen-bond donors (Lipinski definition) is 1. The number of hydrogen-bond acceptors (Lipinski definition) is 7. The minimum atomic E-state index is -0.143. The Kier molecular flexibility index (Phi) is 5.50. The summed E-state index contributed by atoms with van der Waals surface area (Å²) in [6.45, 7) is 5.97. The summed E-state index contributed by atoms with van der Waals surface area (Å²) in [6, 6.07) is 1.98. The maximum absolute atomic E-state index is 12.2. The smallest absolute Gasteiger partial charge is 0.287 e. The molecule has 136 valence electrons. The summed E-state index contributed by atoms with van der Waals surface area (Å²) < 4.78 is 15.6. The summed E-state index contributed by atoms with van der Waals surface area (Å²) in [6.07, 6.45) is 3.28. The number of ether oxygens (including phenoxy) is 1. The van der Waals surface area contributed by atoms with Crippen LogP contribution < -0.4 is 5.32 Å². The Morgan fingerprint density at radius 2 is 2.24 bits per heavy atom. The molecular weight excluding hydrogens is 324 g/mol. The lowest BCUT2D eigenvalue weighted by atomic mass is 10.0. The predicted octanol–water partition coefficient (Wildman–Crippen LogP) is 2.07. The van der Waals surface area contributed by atoms with Crippen molar-refractivity contribution >= 4 is 5.91 Å². The molecule has 2 aromatic heterocycles. The Morgan fingerprint density at radius 1 is 1.48 bits per heavy atom. The van der Waals surface area contributed by atoms with E-state index in [4.69, 9.17) is 13.7 Å². The minimum absolute atomic E-state index is 0.0436. The van der Waals surface area contributed by atoms with Crippen molar-refractivity contribution in [2.75, 3.05) is 20.2 Å². The van der Waals surface area contributed by atoms with Gasteiger partial charge < -0.3 is 19.0 Å². The van der Waals surface area contributed by atoms with Crippen molar-refractivity contribution in [3.05, 3.63) is 35.4 Å². The predicted molar refractivity (Wildman–Crippen MR) is 88.9 cm³/mol. The third-order valence-electron chi connectivity index (χ3n) is 4.60. The highest BCUT2D eigenvalue weighted by Crippen LogP contribution is 2.23. The van der Waals surface area contributed by atoms with Gasteiger partial charge >= 0.3 is 0 Å². The molecular formula is C17H24N4O4. The number of nitrogens with zero attached hydrogens (tertiary/aromatic N) is 3. The molecule has 0 radical (unpaired) electrons. The molecule has 0 spiro atoms. The molecule has 1 aliphatic heterocycles. The van der Waals surface area contributed by atoms with Gasteiger partial charge in [-0.2, -0.15) is 4.98 Å². The molecule has 1 aliphatic rings. The normalized spacial score (nSPS) is 17.6. The van der Waals surface area contributed by atoms with Gasteiger partial charge in [-0.3, -0.25) is 9.69 Å². The zero-order valence-electron chi connectivity index (χ0n) is 14.8. The number of carbonyl (C=O) groups is 1. The van der Waals surface area contributed by atoms with Crippen molar-refractivity contribution in [1.29, 1.82) is 0 Å². The number of nitrogens with one attached hydrogen (secondary N) is 1. The van der Waals surface area contributed by atoms with Crippen LogP contribution in [0.1, 0.15) is 53.6 Å². The van der Waals surface area contributed by atoms with Crippen LogP contribution in [0.2, 0.25) is 0 Å². The van der Waals surface area contributed by atoms with Gasteiger partial charge in [-0.1, -0.05) is 5.16 Å². The third kappa shape index (κ3) is 4.08. The molecule has 1 amide bonds. The van der Waals surface area contributed by atoms with Crippen molar-refractivity contribution < 1.29 is 18.5 Å². The summed E-state index contributed by atoms with van der Waals surface area (Å²) in [5.41, 5.74) is 0.854. The molecule has 3 rings (SSSR count). The third-order valence-corrected chi connectivity index (χ3v) is 4.60. The number of aryl methyl sites for hydroxylation is 1. The van der Waals surface area contributed by atoms with Crippen molar-refractivity contribution in [2.24, 2.45) is 0 Å². The molecule has 8 heteroatoms. The Bertz CT molecular complexity index is 703. The van der Waals surface area contributed by atoms with E-state index >= 15 is 0 Å². The number of amides is 1. The number of piperidine rings is 1. The molecule has 2 aromatic rings. The maximum atomic E-state index is 12.2. The van der Waals surface area contributed by atoms with E-state index in [0.717, 1.165) is 31.5 Å². The van der Waals surface area contributed by atoms with Gasteiger partial charge in [-0.05, 0) is 32.8 Å². The van der Waals surface area contributed by atoms with Crippen LogP contribution in [0.4, 0.5) is 0 Å². The Morgan fingerprint density at radius 3 is 2.88 bits per heavy atom. The van der Waals surface area contributed by atoms with Crippen LogP contribution in [0.25, 0.3) is 0 Å². The molecule has 25 heavy (non-hydrogen) atoms. The Balaban J connectivity index is 1.51. The number of aromatic nitrogens is 2. The minimum Gasteiger partial charge on any atom is -0.459 e. The molecule has 0 aromatic carbocycles. The number of carbonyl (C=O) groups excluding carboxylic acids is 1. The van der Waals surface area contributed by atoms with Crippen LogP contribution in [0.5, 0.6) is 0 Å². The summed E-state index contributed by atoms with van der Waals surface area (Å²) in [4.78, 5) is 18.9. The Hall–Kier alpha value is -2.19. The number of likely N-dealkylation sites (tertiary alicyclic amines) is 1. The standard InChI is InChI=1S/C17H24N4O4/c1-11-6-9-24-15(11)16(22)18-13-4-7-21(8-5-13)12(2)17-19-14(10-23-3)20-25-17/h6,9,12-13H,4-5,7-8,10H2,1-3H3,(H,18,22)/t12-/m1/s1. The van der Waals surface area contributed by atoms with Crippen molar-refractivity contribution in [1.82, 2.24) is 20.4 Å². The first-order chi connectivity index (χ1) is 12.1. The van der Waals surface area contributed by atoms with Crippen LogP contribution in [-0.2, 0) is 11.3 Å². The van der Waals surface area contributed by atoms with Gasteiger partial charge in [-0.25, -0.2) is 0 Å². The van der Waals surface area contributed by atoms with Crippen LogP contribution in [0.3, 0.4) is 0 Å². The summed E-state index contributed by atoms with van der Waals surface area (Å²) in [5.74, 6) is 1.41. The zero-order valence-corrected chi connectivity index (χ0v) is 14.8. The molecule has 1 N–H and O–H groups in total. The molecule has 1 atom stereocenters. The average Bonchev–Trinajstić information content (AvgIpc) is 3.24. The van der Waals surface area contributed by atoms with Gasteiger partial charge in [0.15, 0.2) is 11.6 Å². The van der Waals surface area contributed by atoms with Crippen LogP contribution in [0.15, 0.2) is 21.3 Å². The first-order valence-electron chi connectivity index (χ1n) is 8.49. The van der Waals surface area contributed by atoms with E-state index in [-0.39, 0.29) is 18.0 Å². The fourth-order valence-electron chi connectivity index (χ4n) is 3.07. The van der Waals surface area contributed by atoms with Gasteiger partial charge in [0.25, 0.3) is 5.91 Å². The van der Waals surface area contributed by atoms with Crippen LogP contribution in [-0.4, -0.2) is 47.2 Å². The number of rotatable bonds is 6. The van der Waals surface area contributed by atoms with Gasteiger partial charge in [0.1, 0.15) is 6.61 Å². The average molecular weight is 348 g/mol. The summed E-state index contributed by atoms with van der Waals surface area (Å²) >= 11 is 0. The van der Waals surface area contributed by atoms with E-state index in [1.807, 2.05) is 6.92 Å². The Labute approximate surface area is 146 Å². The van der Waals surface area contributed by atoms with Crippen molar-refractivity contribution in [3.63, 3.8) is 0 Å². The highest BCUT2D eigenvalue weighted by atomic mass is 16.5. The van der Waals surface area contributed by atoms with Crippen molar-refractivity contribution in [2.45, 2.75) is 45.4 Å². The van der Waals surface area contributed by atoms with Gasteiger partial charge in [0.05, 0.1) is 12.3 Å². The monoisotopic (exact) mass is 348 g/mol.